The lowest BCUT2D eigenvalue weighted by atomic mass is 9.93. The van der Waals surface area contributed by atoms with Crippen molar-refractivity contribution < 1.29 is 62.3 Å². The topological polar surface area (TPSA) is 60.2 Å². The SMILES string of the molecule is Nc1cc(C(=O)c2cc(C(F)(F)F)cc(C(F)(F)F)c2)cc(C(=O)c2cc(C(F)(F)F)cc(C(F)(F)F)c2)c1. The van der Waals surface area contributed by atoms with E-state index in [4.69, 9.17) is 5.73 Å². The fourth-order valence-corrected chi connectivity index (χ4v) is 3.42. The van der Waals surface area contributed by atoms with E-state index in [9.17, 15) is 62.3 Å². The van der Waals surface area contributed by atoms with Gasteiger partial charge in [-0.2, -0.15) is 52.7 Å². The molecule has 0 radical (unpaired) electrons. The molecule has 0 saturated carbocycles. The third-order valence-electron chi connectivity index (χ3n) is 5.18. The molecule has 0 aliphatic carbocycles. The Bertz CT molecular complexity index is 1280. The molecule has 0 aliphatic heterocycles. The molecule has 0 saturated heterocycles. The summed E-state index contributed by atoms with van der Waals surface area (Å²) >= 11 is 0. The predicted molar refractivity (Wildman–Crippen MR) is 111 cm³/mol. The summed E-state index contributed by atoms with van der Waals surface area (Å²) < 4.78 is 158. The highest BCUT2D eigenvalue weighted by Gasteiger charge is 2.39. The maximum atomic E-state index is 13.2. The zero-order valence-corrected chi connectivity index (χ0v) is 18.6. The van der Waals surface area contributed by atoms with E-state index in [-0.39, 0.29) is 36.4 Å². The number of nitrogen functional groups attached to an aromatic ring is 1. The van der Waals surface area contributed by atoms with Crippen molar-refractivity contribution in [1.82, 2.24) is 0 Å². The minimum Gasteiger partial charge on any atom is -0.399 e. The fourth-order valence-electron chi connectivity index (χ4n) is 3.42. The minimum absolute atomic E-state index is 0.102. The highest BCUT2D eigenvalue weighted by Crippen LogP contribution is 2.38. The molecular weight excluding hydrogens is 562 g/mol. The van der Waals surface area contributed by atoms with E-state index in [0.29, 0.717) is 6.07 Å². The summed E-state index contributed by atoms with van der Waals surface area (Å²) in [6.07, 6.45) is -21.2. The van der Waals surface area contributed by atoms with E-state index in [1.54, 1.807) is 0 Å². The molecule has 3 nitrogen and oxygen atoms in total. The third-order valence-corrected chi connectivity index (χ3v) is 5.18. The zero-order valence-electron chi connectivity index (χ0n) is 18.6. The van der Waals surface area contributed by atoms with Gasteiger partial charge in [0.2, 0.25) is 0 Å². The zero-order chi connectivity index (χ0) is 29.7. The van der Waals surface area contributed by atoms with E-state index in [2.05, 4.69) is 0 Å². The average Bonchev–Trinajstić information content (AvgIpc) is 2.79. The second-order valence-electron chi connectivity index (χ2n) is 8.09. The number of hydrogen-bond donors (Lipinski definition) is 1. The predicted octanol–water partition coefficient (Wildman–Crippen LogP) is 7.81. The van der Waals surface area contributed by atoms with E-state index in [1.165, 1.54) is 0 Å². The summed E-state index contributed by atoms with van der Waals surface area (Å²) in [6.45, 7) is 0. The second-order valence-corrected chi connectivity index (χ2v) is 8.09. The number of nitrogens with two attached hydrogens (primary N) is 1. The Morgan fingerprint density at radius 1 is 0.410 bits per heavy atom. The molecule has 3 aromatic carbocycles. The monoisotopic (exact) mass is 573 g/mol. The number of ketones is 2. The van der Waals surface area contributed by atoms with Gasteiger partial charge in [-0.05, 0) is 54.6 Å². The molecule has 3 rings (SSSR count). The molecule has 0 atom stereocenters. The summed E-state index contributed by atoms with van der Waals surface area (Å²) in [5.41, 5.74) is -6.01. The molecule has 15 heteroatoms. The van der Waals surface area contributed by atoms with E-state index < -0.39 is 86.5 Å². The van der Waals surface area contributed by atoms with Gasteiger partial charge in [0, 0.05) is 27.9 Å². The molecule has 39 heavy (non-hydrogen) atoms. The van der Waals surface area contributed by atoms with Gasteiger partial charge in [-0.1, -0.05) is 0 Å². The maximum Gasteiger partial charge on any atom is 0.416 e. The Morgan fingerprint density at radius 3 is 0.872 bits per heavy atom. The first-order valence-corrected chi connectivity index (χ1v) is 10.2. The summed E-state index contributed by atoms with van der Waals surface area (Å²) in [6, 6.07) is 2.00. The van der Waals surface area contributed by atoms with Crippen LogP contribution in [0.2, 0.25) is 0 Å². The van der Waals surface area contributed by atoms with Crippen LogP contribution in [0.1, 0.15) is 54.1 Å². The lowest BCUT2D eigenvalue weighted by Gasteiger charge is -2.15. The molecular formula is C24H11F12NO2. The van der Waals surface area contributed by atoms with Crippen LogP contribution in [-0.4, -0.2) is 11.6 Å². The number of alkyl halides is 12. The first kappa shape index (κ1) is 29.5. The van der Waals surface area contributed by atoms with Crippen LogP contribution in [0.15, 0.2) is 54.6 Å². The number of hydrogen-bond acceptors (Lipinski definition) is 3. The van der Waals surface area contributed by atoms with Gasteiger partial charge in [0.05, 0.1) is 22.3 Å². The molecule has 0 spiro atoms. The second kappa shape index (κ2) is 9.61. The van der Waals surface area contributed by atoms with Crippen molar-refractivity contribution in [2.45, 2.75) is 24.7 Å². The first-order valence-electron chi connectivity index (χ1n) is 10.2. The van der Waals surface area contributed by atoms with Crippen LogP contribution >= 0.6 is 0 Å². The molecule has 2 N–H and O–H groups in total. The number of carbonyl (C=O) groups is 2. The van der Waals surface area contributed by atoms with Gasteiger partial charge in [-0.25, -0.2) is 0 Å². The number of rotatable bonds is 4. The van der Waals surface area contributed by atoms with Crippen molar-refractivity contribution in [3.05, 3.63) is 99.1 Å². The highest BCUT2D eigenvalue weighted by molar-refractivity contribution is 6.14. The number of benzene rings is 3. The van der Waals surface area contributed by atoms with Gasteiger partial charge in [-0.3, -0.25) is 9.59 Å². The van der Waals surface area contributed by atoms with E-state index in [1.807, 2.05) is 0 Å². The molecule has 0 amide bonds. The number of halogens is 12. The van der Waals surface area contributed by atoms with Crippen LogP contribution in [0.5, 0.6) is 0 Å². The molecule has 0 aromatic heterocycles. The summed E-state index contributed by atoms with van der Waals surface area (Å²) in [5.74, 6) is -2.99. The molecule has 208 valence electrons. The van der Waals surface area contributed by atoms with Gasteiger partial charge in [0.15, 0.2) is 11.6 Å². The molecule has 0 fully saturated rings. The van der Waals surface area contributed by atoms with Crippen LogP contribution in [0.4, 0.5) is 58.4 Å². The maximum absolute atomic E-state index is 13.2. The van der Waals surface area contributed by atoms with Crippen molar-refractivity contribution in [2.24, 2.45) is 0 Å². The molecule has 3 aromatic rings. The Balaban J connectivity index is 2.15. The van der Waals surface area contributed by atoms with Crippen molar-refractivity contribution in [3.63, 3.8) is 0 Å². The fraction of sp³-hybridized carbons (Fsp3) is 0.167. The van der Waals surface area contributed by atoms with Crippen molar-refractivity contribution in [3.8, 4) is 0 Å². The van der Waals surface area contributed by atoms with E-state index in [0.717, 1.165) is 12.1 Å². The van der Waals surface area contributed by atoms with Crippen molar-refractivity contribution in [1.29, 1.82) is 0 Å². The number of anilines is 1. The van der Waals surface area contributed by atoms with Gasteiger partial charge in [0.1, 0.15) is 0 Å². The quantitative estimate of drug-likeness (QED) is 0.197. The van der Waals surface area contributed by atoms with Gasteiger partial charge >= 0.3 is 24.7 Å². The van der Waals surface area contributed by atoms with Crippen LogP contribution < -0.4 is 5.73 Å². The first-order chi connectivity index (χ1) is 17.6. The van der Waals surface area contributed by atoms with Crippen molar-refractivity contribution >= 4 is 17.3 Å². The summed E-state index contributed by atoms with van der Waals surface area (Å²) in [4.78, 5) is 25.7. The highest BCUT2D eigenvalue weighted by atomic mass is 19.4. The standard InChI is InChI=1S/C24H11F12NO2/c25-21(26,27)14-2-12(3-15(8-14)22(28,29)30)19(38)10-1-11(7-18(37)6-10)20(39)13-4-16(23(31,32)33)9-17(5-13)24(34,35)36/h1-9H,37H2. The van der Waals surface area contributed by atoms with Crippen LogP contribution in [0.3, 0.4) is 0 Å². The smallest absolute Gasteiger partial charge is 0.399 e. The minimum atomic E-state index is -5.30. The normalized spacial score (nSPS) is 12.9. The average molecular weight is 573 g/mol. The Labute approximate surface area is 209 Å². The molecule has 0 bridgehead atoms. The van der Waals surface area contributed by atoms with Gasteiger partial charge in [-0.15, -0.1) is 0 Å². The van der Waals surface area contributed by atoms with Crippen LogP contribution in [0, 0.1) is 0 Å². The largest absolute Gasteiger partial charge is 0.416 e. The molecule has 0 heterocycles. The lowest BCUT2D eigenvalue weighted by Crippen LogP contribution is -2.15. The van der Waals surface area contributed by atoms with Crippen LogP contribution in [0.25, 0.3) is 0 Å². The Morgan fingerprint density at radius 2 is 0.641 bits per heavy atom. The van der Waals surface area contributed by atoms with Gasteiger partial charge in [0.25, 0.3) is 0 Å². The Kier molecular flexibility index (Phi) is 7.27. The Hall–Kier alpha value is -4.04. The van der Waals surface area contributed by atoms with Crippen LogP contribution in [-0.2, 0) is 24.7 Å². The summed E-state index contributed by atoms with van der Waals surface area (Å²) in [7, 11) is 0. The summed E-state index contributed by atoms with van der Waals surface area (Å²) in [5, 5.41) is 0. The number of carbonyl (C=O) groups excluding carboxylic acids is 2. The van der Waals surface area contributed by atoms with Crippen molar-refractivity contribution in [2.75, 3.05) is 5.73 Å². The third kappa shape index (κ3) is 6.70. The lowest BCUT2D eigenvalue weighted by molar-refractivity contribution is -0.144. The van der Waals surface area contributed by atoms with E-state index >= 15 is 0 Å². The molecule has 0 aliphatic rings. The molecule has 0 unspecified atom stereocenters. The van der Waals surface area contributed by atoms with Gasteiger partial charge < -0.3 is 5.73 Å².